The van der Waals surface area contributed by atoms with Gasteiger partial charge < -0.3 is 9.64 Å². The summed E-state index contributed by atoms with van der Waals surface area (Å²) in [4.78, 5) is 7.77. The van der Waals surface area contributed by atoms with E-state index < -0.39 is 7.92 Å². The lowest BCUT2D eigenvalue weighted by Gasteiger charge is -2.28. The average Bonchev–Trinajstić information content (AvgIpc) is 3.37. The van der Waals surface area contributed by atoms with Crippen LogP contribution in [0.3, 0.4) is 0 Å². The minimum absolute atomic E-state index is 0.0605. The number of amidine groups is 1. The first-order chi connectivity index (χ1) is 17.5. The Morgan fingerprint density at radius 1 is 0.750 bits per heavy atom. The largest absolute Gasteiger partial charge is 0.497 e. The first kappa shape index (κ1) is 24.3. The fourth-order valence-electron chi connectivity index (χ4n) is 4.63. The number of aliphatic imine (C=N–C) groups is 1. The zero-order valence-electron chi connectivity index (χ0n) is 21.4. The molecule has 0 unspecified atom stereocenters. The van der Waals surface area contributed by atoms with E-state index in [-0.39, 0.29) is 11.5 Å². The molecule has 0 N–H and O–H groups in total. The summed E-state index contributed by atoms with van der Waals surface area (Å²) in [6.07, 6.45) is 0. The Kier molecular flexibility index (Phi) is 6.94. The predicted octanol–water partition coefficient (Wildman–Crippen LogP) is 6.13. The molecule has 0 spiro atoms. The summed E-state index contributed by atoms with van der Waals surface area (Å²) in [7, 11) is 0.959. The van der Waals surface area contributed by atoms with Crippen molar-refractivity contribution in [3.8, 4) is 5.75 Å². The molecule has 4 aromatic carbocycles. The number of hydrogen-bond acceptors (Lipinski definition) is 3. The molecule has 1 atom stereocenters. The van der Waals surface area contributed by atoms with E-state index in [9.17, 15) is 0 Å². The summed E-state index contributed by atoms with van der Waals surface area (Å²) in [6.45, 7) is 7.70. The quantitative estimate of drug-likeness (QED) is 0.302. The highest BCUT2D eigenvalue weighted by Gasteiger charge is 2.36. The molecule has 0 amide bonds. The molecule has 0 radical (unpaired) electrons. The third kappa shape index (κ3) is 4.94. The molecule has 4 heteroatoms. The molecule has 0 saturated heterocycles. The Bertz CT molecular complexity index is 1290. The molecule has 3 nitrogen and oxygen atoms in total. The maximum atomic E-state index is 5.42. The van der Waals surface area contributed by atoms with Crippen LogP contribution in [-0.4, -0.2) is 25.5 Å². The molecule has 182 valence electrons. The van der Waals surface area contributed by atoms with Crippen molar-refractivity contribution in [2.75, 3.05) is 18.6 Å². The summed E-state index contributed by atoms with van der Waals surface area (Å²) in [5, 5.41) is 4.01. The molecule has 1 heterocycles. The van der Waals surface area contributed by atoms with Crippen LogP contribution in [0, 0.1) is 5.41 Å². The average molecular weight is 493 g/mol. The zero-order chi connectivity index (χ0) is 25.1. The lowest BCUT2D eigenvalue weighted by Crippen LogP contribution is -2.36. The van der Waals surface area contributed by atoms with Gasteiger partial charge in [0.1, 0.15) is 11.6 Å². The number of anilines is 1. The second kappa shape index (κ2) is 10.3. The minimum Gasteiger partial charge on any atom is -0.497 e. The molecule has 36 heavy (non-hydrogen) atoms. The Morgan fingerprint density at radius 3 is 1.86 bits per heavy atom. The van der Waals surface area contributed by atoms with E-state index in [1.165, 1.54) is 21.5 Å². The van der Waals surface area contributed by atoms with Crippen molar-refractivity contribution < 1.29 is 4.74 Å². The van der Waals surface area contributed by atoms with E-state index in [1.54, 1.807) is 7.11 Å². The van der Waals surface area contributed by atoms with Crippen molar-refractivity contribution >= 4 is 35.4 Å². The molecule has 0 saturated carbocycles. The maximum absolute atomic E-state index is 5.42. The first-order valence-corrected chi connectivity index (χ1v) is 13.8. The summed E-state index contributed by atoms with van der Waals surface area (Å²) >= 11 is 0. The minimum atomic E-state index is -0.749. The van der Waals surface area contributed by atoms with Crippen LogP contribution >= 0.6 is 7.92 Å². The van der Waals surface area contributed by atoms with Gasteiger partial charge >= 0.3 is 0 Å². The van der Waals surface area contributed by atoms with Crippen LogP contribution in [0.2, 0.25) is 0 Å². The highest BCUT2D eigenvalue weighted by Crippen LogP contribution is 2.37. The molecule has 4 aromatic rings. The number of methoxy groups -OCH3 is 1. The normalized spacial score (nSPS) is 15.8. The van der Waals surface area contributed by atoms with E-state index in [4.69, 9.17) is 9.73 Å². The van der Waals surface area contributed by atoms with Crippen molar-refractivity contribution in [2.24, 2.45) is 10.4 Å². The van der Waals surface area contributed by atoms with E-state index in [2.05, 4.69) is 123 Å². The van der Waals surface area contributed by atoms with E-state index in [0.717, 1.165) is 23.8 Å². The molecule has 5 rings (SSSR count). The lowest BCUT2D eigenvalue weighted by molar-refractivity contribution is 0.337. The van der Waals surface area contributed by atoms with Gasteiger partial charge in [-0.05, 0) is 53.5 Å². The summed E-state index contributed by atoms with van der Waals surface area (Å²) in [5.41, 5.74) is 2.41. The van der Waals surface area contributed by atoms with Gasteiger partial charge in [0.15, 0.2) is 0 Å². The van der Waals surface area contributed by atoms with Crippen molar-refractivity contribution in [3.63, 3.8) is 0 Å². The van der Waals surface area contributed by atoms with Gasteiger partial charge in [-0.15, -0.1) is 0 Å². The smallest absolute Gasteiger partial charge is 0.136 e. The molecule has 0 aromatic heterocycles. The monoisotopic (exact) mass is 492 g/mol. The second-order valence-corrected chi connectivity index (χ2v) is 12.4. The molecule has 1 aliphatic heterocycles. The topological polar surface area (TPSA) is 24.8 Å². The Balaban J connectivity index is 1.67. The van der Waals surface area contributed by atoms with Gasteiger partial charge in [0.05, 0.1) is 13.2 Å². The van der Waals surface area contributed by atoms with Crippen LogP contribution in [-0.2, 0) is 0 Å². The molecule has 0 fully saturated rings. The lowest BCUT2D eigenvalue weighted by atomic mass is 9.87. The summed E-state index contributed by atoms with van der Waals surface area (Å²) in [6, 6.07) is 39.1. The standard InChI is InChI=1S/C32H33N2OP/c1-32(2,3)30-23-34(24-19-21-25(35-4)22-20-24)31(33-30)28-17-11-12-18-29(28)36(26-13-7-5-8-14-26)27-15-9-6-10-16-27/h5-22,30H,23H2,1-4H3/t30-/m1/s1. The fourth-order valence-corrected chi connectivity index (χ4v) is 7.07. The Hall–Kier alpha value is -3.42. The molecular weight excluding hydrogens is 459 g/mol. The predicted molar refractivity (Wildman–Crippen MR) is 155 cm³/mol. The molecular formula is C32H33N2OP. The molecule has 0 aliphatic carbocycles. The Labute approximate surface area is 216 Å². The van der Waals surface area contributed by atoms with Gasteiger partial charge in [-0.2, -0.15) is 0 Å². The van der Waals surface area contributed by atoms with Crippen LogP contribution in [0.15, 0.2) is 114 Å². The molecule has 1 aliphatic rings. The molecule has 0 bridgehead atoms. The number of ether oxygens (including phenoxy) is 1. The number of benzene rings is 4. The number of hydrogen-bond donors (Lipinski definition) is 0. The van der Waals surface area contributed by atoms with E-state index in [0.29, 0.717) is 0 Å². The van der Waals surface area contributed by atoms with Gasteiger partial charge in [-0.25, -0.2) is 0 Å². The van der Waals surface area contributed by atoms with Gasteiger partial charge in [0.2, 0.25) is 0 Å². The summed E-state index contributed by atoms with van der Waals surface area (Å²) < 4.78 is 5.42. The van der Waals surface area contributed by atoms with Gasteiger partial charge in [0, 0.05) is 17.8 Å². The third-order valence-corrected chi connectivity index (χ3v) is 9.19. The van der Waals surface area contributed by atoms with Crippen molar-refractivity contribution in [1.82, 2.24) is 0 Å². The summed E-state index contributed by atoms with van der Waals surface area (Å²) in [5.74, 6) is 1.91. The van der Waals surface area contributed by atoms with Crippen molar-refractivity contribution in [3.05, 3.63) is 115 Å². The van der Waals surface area contributed by atoms with E-state index in [1.807, 2.05) is 12.1 Å². The second-order valence-electron chi connectivity index (χ2n) is 10.2. The first-order valence-electron chi connectivity index (χ1n) is 12.4. The van der Waals surface area contributed by atoms with E-state index >= 15 is 0 Å². The third-order valence-electron chi connectivity index (χ3n) is 6.69. The van der Waals surface area contributed by atoms with Gasteiger partial charge in [-0.1, -0.05) is 106 Å². The SMILES string of the molecule is COc1ccc(N2C[C@H](C(C)(C)C)N=C2c2ccccc2P(c2ccccc2)c2ccccc2)cc1. The van der Waals surface area contributed by atoms with Gasteiger partial charge in [-0.3, -0.25) is 4.99 Å². The van der Waals surface area contributed by atoms with Crippen LogP contribution in [0.1, 0.15) is 26.3 Å². The number of nitrogens with zero attached hydrogens (tertiary/aromatic N) is 2. The van der Waals surface area contributed by atoms with Crippen molar-refractivity contribution in [2.45, 2.75) is 26.8 Å². The number of rotatable bonds is 6. The van der Waals surface area contributed by atoms with Crippen LogP contribution in [0.4, 0.5) is 5.69 Å². The van der Waals surface area contributed by atoms with Crippen LogP contribution in [0.5, 0.6) is 5.75 Å². The maximum Gasteiger partial charge on any atom is 0.136 e. The van der Waals surface area contributed by atoms with Crippen LogP contribution in [0.25, 0.3) is 0 Å². The fraction of sp³-hybridized carbons (Fsp3) is 0.219. The van der Waals surface area contributed by atoms with Gasteiger partial charge in [0.25, 0.3) is 0 Å². The highest BCUT2D eigenvalue weighted by atomic mass is 31.1. The van der Waals surface area contributed by atoms with Crippen LogP contribution < -0.4 is 25.6 Å². The highest BCUT2D eigenvalue weighted by molar-refractivity contribution is 7.80. The Morgan fingerprint density at radius 2 is 1.31 bits per heavy atom. The zero-order valence-corrected chi connectivity index (χ0v) is 22.3. The van der Waals surface area contributed by atoms with Crippen molar-refractivity contribution in [1.29, 1.82) is 0 Å².